The summed E-state index contributed by atoms with van der Waals surface area (Å²) < 4.78 is 25.3. The van der Waals surface area contributed by atoms with E-state index in [0.29, 0.717) is 23.3 Å². The molecule has 1 saturated heterocycles. The van der Waals surface area contributed by atoms with E-state index in [0.717, 1.165) is 0 Å². The number of carbonyl (C=O) groups is 1. The van der Waals surface area contributed by atoms with Crippen LogP contribution in [-0.2, 0) is 16.4 Å². The van der Waals surface area contributed by atoms with Gasteiger partial charge in [-0.3, -0.25) is 9.48 Å². The number of hydrogen-bond acceptors (Lipinski definition) is 5. The van der Waals surface area contributed by atoms with Crippen LogP contribution in [0.15, 0.2) is 10.7 Å². The molecule has 1 aliphatic rings. The summed E-state index contributed by atoms with van der Waals surface area (Å²) in [5.74, 6) is 0.0751. The molecular formula is C11H16BrN3O3S. The average Bonchev–Trinajstić information content (AvgIpc) is 2.69. The second-order valence-corrected chi connectivity index (χ2v) is 7.63. The zero-order valence-electron chi connectivity index (χ0n) is 10.6. The monoisotopic (exact) mass is 349 g/mol. The number of aromatic nitrogens is 2. The van der Waals surface area contributed by atoms with Gasteiger partial charge in [0.05, 0.1) is 22.2 Å². The first-order chi connectivity index (χ1) is 8.93. The smallest absolute Gasteiger partial charge is 0.183 e. The highest BCUT2D eigenvalue weighted by atomic mass is 79.9. The third-order valence-corrected chi connectivity index (χ3v) is 5.41. The molecule has 1 unspecified atom stereocenters. The summed E-state index contributed by atoms with van der Waals surface area (Å²) in [6, 6.07) is -0.307. The topological polar surface area (TPSA) is 81.1 Å². The molecule has 1 N–H and O–H groups in total. The lowest BCUT2D eigenvalue weighted by Crippen LogP contribution is -2.46. The number of nitrogens with one attached hydrogen (secondary N) is 1. The molecule has 1 aromatic heterocycles. The van der Waals surface area contributed by atoms with Crippen LogP contribution in [0, 0.1) is 0 Å². The van der Waals surface area contributed by atoms with Crippen LogP contribution in [-0.4, -0.2) is 48.1 Å². The Morgan fingerprint density at radius 3 is 3.00 bits per heavy atom. The van der Waals surface area contributed by atoms with Crippen molar-refractivity contribution < 1.29 is 13.2 Å². The Labute approximate surface area is 120 Å². The van der Waals surface area contributed by atoms with Gasteiger partial charge >= 0.3 is 0 Å². The lowest BCUT2D eigenvalue weighted by Gasteiger charge is -2.23. The third-order valence-electron chi connectivity index (χ3n) is 3.09. The summed E-state index contributed by atoms with van der Waals surface area (Å²) in [4.78, 5) is 12.3. The van der Waals surface area contributed by atoms with Crippen LogP contribution in [0.1, 0.15) is 23.8 Å². The maximum atomic E-state index is 12.3. The van der Waals surface area contributed by atoms with Gasteiger partial charge in [-0.1, -0.05) is 0 Å². The van der Waals surface area contributed by atoms with Crippen LogP contribution in [0.3, 0.4) is 0 Å². The number of rotatable bonds is 4. The molecule has 19 heavy (non-hydrogen) atoms. The minimum Gasteiger partial charge on any atom is -0.312 e. The van der Waals surface area contributed by atoms with Crippen molar-refractivity contribution in [2.75, 3.05) is 18.1 Å². The van der Waals surface area contributed by atoms with E-state index in [1.165, 1.54) is 0 Å². The van der Waals surface area contributed by atoms with Crippen molar-refractivity contribution >= 4 is 31.6 Å². The van der Waals surface area contributed by atoms with Gasteiger partial charge in [-0.15, -0.1) is 0 Å². The summed E-state index contributed by atoms with van der Waals surface area (Å²) in [6.45, 7) is 2.91. The minimum atomic E-state index is -3.02. The maximum absolute atomic E-state index is 12.3. The number of ketones is 1. The molecule has 0 amide bonds. The molecule has 1 aliphatic heterocycles. The quantitative estimate of drug-likeness (QED) is 0.806. The number of halogens is 1. The SMILES string of the molecule is CCn1ncc(Br)c1C(=O)CC1CS(=O)(=O)CCN1. The minimum absolute atomic E-state index is 0.0244. The third kappa shape index (κ3) is 3.43. The Kier molecular flexibility index (Phi) is 4.42. The van der Waals surface area contributed by atoms with Crippen molar-refractivity contribution in [3.63, 3.8) is 0 Å². The lowest BCUT2D eigenvalue weighted by molar-refractivity contribution is 0.0960. The van der Waals surface area contributed by atoms with Gasteiger partial charge in [0.15, 0.2) is 15.6 Å². The fourth-order valence-corrected chi connectivity index (χ4v) is 4.16. The summed E-state index contributed by atoms with van der Waals surface area (Å²) in [5, 5.41) is 7.17. The first-order valence-electron chi connectivity index (χ1n) is 6.11. The van der Waals surface area contributed by atoms with Crippen molar-refractivity contribution in [1.29, 1.82) is 0 Å². The van der Waals surface area contributed by atoms with Gasteiger partial charge in [0.1, 0.15) is 5.69 Å². The highest BCUT2D eigenvalue weighted by molar-refractivity contribution is 9.10. The molecule has 0 saturated carbocycles. The van der Waals surface area contributed by atoms with Gasteiger partial charge in [-0.05, 0) is 22.9 Å². The molecule has 6 nitrogen and oxygen atoms in total. The van der Waals surface area contributed by atoms with Crippen LogP contribution in [0.5, 0.6) is 0 Å². The summed E-state index contributed by atoms with van der Waals surface area (Å²) in [7, 11) is -3.02. The van der Waals surface area contributed by atoms with Gasteiger partial charge in [-0.2, -0.15) is 5.10 Å². The number of sulfone groups is 1. The van der Waals surface area contributed by atoms with Gasteiger partial charge in [-0.25, -0.2) is 8.42 Å². The summed E-state index contributed by atoms with van der Waals surface area (Å²) >= 11 is 3.30. The Balaban J connectivity index is 2.11. The number of nitrogens with zero attached hydrogens (tertiary/aromatic N) is 2. The van der Waals surface area contributed by atoms with E-state index in [9.17, 15) is 13.2 Å². The fraction of sp³-hybridized carbons (Fsp3) is 0.636. The van der Waals surface area contributed by atoms with Crippen LogP contribution in [0.2, 0.25) is 0 Å². The van der Waals surface area contributed by atoms with Crippen LogP contribution < -0.4 is 5.32 Å². The van der Waals surface area contributed by atoms with E-state index in [-0.39, 0.29) is 29.8 Å². The van der Waals surface area contributed by atoms with Crippen molar-refractivity contribution in [3.05, 3.63) is 16.4 Å². The highest BCUT2D eigenvalue weighted by Crippen LogP contribution is 2.19. The number of hydrogen-bond donors (Lipinski definition) is 1. The average molecular weight is 350 g/mol. The standard InChI is InChI=1S/C11H16BrN3O3S/c1-2-15-11(9(12)6-14-15)10(16)5-8-7-19(17,18)4-3-13-8/h6,8,13H,2-5,7H2,1H3. The maximum Gasteiger partial charge on any atom is 0.183 e. The molecule has 1 atom stereocenters. The lowest BCUT2D eigenvalue weighted by atomic mass is 10.1. The summed E-state index contributed by atoms with van der Waals surface area (Å²) in [5.41, 5.74) is 0.507. The molecule has 0 radical (unpaired) electrons. The Morgan fingerprint density at radius 2 is 2.37 bits per heavy atom. The van der Waals surface area contributed by atoms with Crippen LogP contribution in [0.4, 0.5) is 0 Å². The number of carbonyl (C=O) groups excluding carboxylic acids is 1. The van der Waals surface area contributed by atoms with Crippen LogP contribution in [0.25, 0.3) is 0 Å². The van der Waals surface area contributed by atoms with E-state index in [1.54, 1.807) is 10.9 Å². The van der Waals surface area contributed by atoms with Crippen molar-refractivity contribution in [1.82, 2.24) is 15.1 Å². The predicted molar refractivity (Wildman–Crippen MR) is 75.0 cm³/mol. The fourth-order valence-electron chi connectivity index (χ4n) is 2.20. The van der Waals surface area contributed by atoms with E-state index in [4.69, 9.17) is 0 Å². The Bertz CT molecular complexity index is 582. The normalized spacial score (nSPS) is 22.3. The van der Waals surface area contributed by atoms with Crippen molar-refractivity contribution in [3.8, 4) is 0 Å². The Hall–Kier alpha value is -0.730. The Morgan fingerprint density at radius 1 is 1.63 bits per heavy atom. The van der Waals surface area contributed by atoms with Gasteiger partial charge in [0.25, 0.3) is 0 Å². The van der Waals surface area contributed by atoms with E-state index in [1.807, 2.05) is 6.92 Å². The zero-order valence-corrected chi connectivity index (χ0v) is 13.0. The van der Waals surface area contributed by atoms with Gasteiger partial charge < -0.3 is 5.32 Å². The van der Waals surface area contributed by atoms with E-state index < -0.39 is 9.84 Å². The van der Waals surface area contributed by atoms with Crippen LogP contribution >= 0.6 is 15.9 Å². The number of aryl methyl sites for hydroxylation is 1. The van der Waals surface area contributed by atoms with Crippen molar-refractivity contribution in [2.24, 2.45) is 0 Å². The molecular weight excluding hydrogens is 334 g/mol. The number of Topliss-reactive ketones (excluding diaryl/α,β-unsaturated/α-hetero) is 1. The highest BCUT2D eigenvalue weighted by Gasteiger charge is 2.28. The molecule has 0 aromatic carbocycles. The summed E-state index contributed by atoms with van der Waals surface area (Å²) in [6.07, 6.45) is 1.76. The molecule has 1 fully saturated rings. The second-order valence-electron chi connectivity index (χ2n) is 4.55. The molecule has 8 heteroatoms. The largest absolute Gasteiger partial charge is 0.312 e. The molecule has 2 heterocycles. The van der Waals surface area contributed by atoms with E-state index in [2.05, 4.69) is 26.3 Å². The van der Waals surface area contributed by atoms with Crippen molar-refractivity contribution in [2.45, 2.75) is 25.9 Å². The molecule has 0 spiro atoms. The zero-order chi connectivity index (χ0) is 14.0. The molecule has 106 valence electrons. The second kappa shape index (κ2) is 5.72. The van der Waals surface area contributed by atoms with Gasteiger partial charge in [0.2, 0.25) is 0 Å². The van der Waals surface area contributed by atoms with Gasteiger partial charge in [0, 0.05) is 25.6 Å². The molecule has 1 aromatic rings. The first kappa shape index (κ1) is 14.7. The molecule has 0 aliphatic carbocycles. The molecule has 0 bridgehead atoms. The predicted octanol–water partition coefficient (Wildman–Crippen LogP) is 0.625. The first-order valence-corrected chi connectivity index (χ1v) is 8.72. The molecule has 2 rings (SSSR count). The van der Waals surface area contributed by atoms with E-state index >= 15 is 0 Å².